The van der Waals surface area contributed by atoms with Crippen LogP contribution in [0.25, 0.3) is 0 Å². The van der Waals surface area contributed by atoms with Crippen LogP contribution in [0.2, 0.25) is 0 Å². The van der Waals surface area contributed by atoms with E-state index >= 15 is 0 Å². The zero-order chi connectivity index (χ0) is 21.9. The molecule has 6 heteroatoms. The quantitative estimate of drug-likeness (QED) is 0.269. The Morgan fingerprint density at radius 1 is 0.839 bits per heavy atom. The third kappa shape index (κ3) is 7.81. The molecule has 1 fully saturated rings. The fourth-order valence-corrected chi connectivity index (χ4v) is 3.95. The predicted molar refractivity (Wildman–Crippen MR) is 121 cm³/mol. The molecule has 31 heavy (non-hydrogen) atoms. The smallest absolute Gasteiger partial charge is 0.247 e. The number of piperidine rings is 1. The van der Waals surface area contributed by atoms with Gasteiger partial charge < -0.3 is 10.6 Å². The summed E-state index contributed by atoms with van der Waals surface area (Å²) in [5.41, 5.74) is 6.26. The van der Waals surface area contributed by atoms with Gasteiger partial charge in [0.15, 0.2) is 0 Å². The van der Waals surface area contributed by atoms with Gasteiger partial charge in [0.2, 0.25) is 11.8 Å². The van der Waals surface area contributed by atoms with Gasteiger partial charge >= 0.3 is 0 Å². The minimum atomic E-state index is -0.400. The minimum Gasteiger partial charge on any atom is -0.352 e. The van der Waals surface area contributed by atoms with Gasteiger partial charge in [-0.25, -0.2) is 5.48 Å². The van der Waals surface area contributed by atoms with Crippen LogP contribution in [0.4, 0.5) is 0 Å². The van der Waals surface area contributed by atoms with Crippen LogP contribution >= 0.6 is 0 Å². The number of hydrogen-bond acceptors (Lipinski definition) is 4. The van der Waals surface area contributed by atoms with E-state index in [0.717, 1.165) is 62.7 Å². The molecule has 0 aliphatic carbocycles. The average Bonchev–Trinajstić information content (AvgIpc) is 2.82. The zero-order valence-electron chi connectivity index (χ0n) is 18.0. The van der Waals surface area contributed by atoms with Gasteiger partial charge in [-0.15, -0.1) is 0 Å². The van der Waals surface area contributed by atoms with Crippen LogP contribution in [0.15, 0.2) is 48.5 Å². The number of hydroxylamine groups is 1. The van der Waals surface area contributed by atoms with Crippen LogP contribution in [0, 0.1) is 5.92 Å². The molecular weight excluding hydrogens is 390 g/mol. The van der Waals surface area contributed by atoms with Crippen molar-refractivity contribution in [3.63, 3.8) is 0 Å². The molecule has 1 aliphatic heterocycles. The van der Waals surface area contributed by atoms with Gasteiger partial charge in [0.25, 0.3) is 0 Å². The lowest BCUT2D eigenvalue weighted by molar-refractivity contribution is -0.128. The number of unbranched alkanes of at least 4 members (excludes halogenated alkanes) is 1. The second-order valence-corrected chi connectivity index (χ2v) is 8.29. The second-order valence-electron chi connectivity index (χ2n) is 8.29. The fourth-order valence-electron chi connectivity index (χ4n) is 3.95. The first-order chi connectivity index (χ1) is 15.1. The first-order valence-corrected chi connectivity index (χ1v) is 11.2. The molecule has 0 saturated carbocycles. The Kier molecular flexibility index (Phi) is 9.06. The predicted octanol–water partition coefficient (Wildman–Crippen LogP) is 2.92. The third-order valence-corrected chi connectivity index (χ3v) is 5.89. The molecule has 166 valence electrons. The molecule has 2 amide bonds. The van der Waals surface area contributed by atoms with Crippen molar-refractivity contribution in [3.05, 3.63) is 70.8 Å². The molecule has 0 bridgehead atoms. The molecule has 2 aromatic carbocycles. The van der Waals surface area contributed by atoms with E-state index in [4.69, 9.17) is 5.21 Å². The van der Waals surface area contributed by atoms with Crippen molar-refractivity contribution in [1.82, 2.24) is 16.1 Å². The number of aryl methyl sites for hydroxylation is 2. The highest BCUT2D eigenvalue weighted by Gasteiger charge is 2.20. The number of carbonyl (C=O) groups is 2. The van der Waals surface area contributed by atoms with Crippen molar-refractivity contribution >= 4 is 11.8 Å². The molecule has 0 aromatic heterocycles. The largest absolute Gasteiger partial charge is 0.352 e. The lowest BCUT2D eigenvalue weighted by atomic mass is 9.97. The summed E-state index contributed by atoms with van der Waals surface area (Å²) in [6.45, 7) is 2.46. The van der Waals surface area contributed by atoms with Crippen molar-refractivity contribution in [1.29, 1.82) is 0 Å². The summed E-state index contributed by atoms with van der Waals surface area (Å²) in [5, 5.41) is 14.9. The molecule has 0 atom stereocenters. The number of carbonyl (C=O) groups excluding carboxylic acids is 2. The number of amides is 2. The van der Waals surface area contributed by atoms with Crippen LogP contribution in [0.3, 0.4) is 0 Å². The number of benzene rings is 2. The maximum Gasteiger partial charge on any atom is 0.247 e. The molecule has 1 heterocycles. The number of nitrogens with one attached hydrogen (secondary N) is 3. The summed E-state index contributed by atoms with van der Waals surface area (Å²) in [4.78, 5) is 23.4. The van der Waals surface area contributed by atoms with Crippen LogP contribution < -0.4 is 16.1 Å². The monoisotopic (exact) mass is 423 g/mol. The molecular formula is C25H33N3O3. The van der Waals surface area contributed by atoms with E-state index in [9.17, 15) is 9.59 Å². The third-order valence-electron chi connectivity index (χ3n) is 5.89. The summed E-state index contributed by atoms with van der Waals surface area (Å²) in [6, 6.07) is 16.5. The Bertz CT molecular complexity index is 828. The van der Waals surface area contributed by atoms with E-state index < -0.39 is 5.91 Å². The van der Waals surface area contributed by atoms with Crippen LogP contribution in [0.5, 0.6) is 0 Å². The molecule has 1 aliphatic rings. The van der Waals surface area contributed by atoms with Gasteiger partial charge in [-0.1, -0.05) is 48.5 Å². The van der Waals surface area contributed by atoms with Gasteiger partial charge in [-0.2, -0.15) is 0 Å². The van der Waals surface area contributed by atoms with E-state index in [1.165, 1.54) is 11.1 Å². The molecule has 1 saturated heterocycles. The highest BCUT2D eigenvalue weighted by molar-refractivity contribution is 5.78. The van der Waals surface area contributed by atoms with E-state index in [-0.39, 0.29) is 18.2 Å². The summed E-state index contributed by atoms with van der Waals surface area (Å²) in [5.74, 6) is -0.0741. The molecule has 2 aromatic rings. The average molecular weight is 424 g/mol. The van der Waals surface area contributed by atoms with E-state index in [0.29, 0.717) is 6.54 Å². The molecule has 0 unspecified atom stereocenters. The van der Waals surface area contributed by atoms with Crippen LogP contribution in [0.1, 0.15) is 47.9 Å². The van der Waals surface area contributed by atoms with Crippen molar-refractivity contribution in [2.24, 2.45) is 5.92 Å². The van der Waals surface area contributed by atoms with E-state index in [2.05, 4.69) is 34.9 Å². The lowest BCUT2D eigenvalue weighted by Gasteiger charge is -2.21. The van der Waals surface area contributed by atoms with Gasteiger partial charge in [-0.3, -0.25) is 14.8 Å². The minimum absolute atomic E-state index is 0.150. The Balaban J connectivity index is 1.33. The Morgan fingerprint density at radius 3 is 1.90 bits per heavy atom. The molecule has 3 rings (SSSR count). The SMILES string of the molecule is O=C(Cc1ccc(CCCCc2ccc(CNC(=O)C3CCNCC3)cc2)cc1)NO. The summed E-state index contributed by atoms with van der Waals surface area (Å²) in [7, 11) is 0. The van der Waals surface area contributed by atoms with Crippen molar-refractivity contribution in [2.75, 3.05) is 13.1 Å². The van der Waals surface area contributed by atoms with Gasteiger partial charge in [-0.05, 0) is 73.9 Å². The van der Waals surface area contributed by atoms with Crippen molar-refractivity contribution in [3.8, 4) is 0 Å². The van der Waals surface area contributed by atoms with E-state index in [1.54, 1.807) is 5.48 Å². The fraction of sp³-hybridized carbons (Fsp3) is 0.440. The first kappa shape index (κ1) is 23.0. The number of hydrogen-bond donors (Lipinski definition) is 4. The van der Waals surface area contributed by atoms with Gasteiger partial charge in [0.05, 0.1) is 6.42 Å². The first-order valence-electron chi connectivity index (χ1n) is 11.2. The van der Waals surface area contributed by atoms with Crippen LogP contribution in [-0.2, 0) is 35.4 Å². The normalized spacial score (nSPS) is 14.2. The number of rotatable bonds is 10. The Morgan fingerprint density at radius 2 is 1.35 bits per heavy atom. The maximum atomic E-state index is 12.2. The summed E-state index contributed by atoms with van der Waals surface area (Å²) < 4.78 is 0. The van der Waals surface area contributed by atoms with Gasteiger partial charge in [0, 0.05) is 12.5 Å². The zero-order valence-corrected chi connectivity index (χ0v) is 18.0. The van der Waals surface area contributed by atoms with E-state index in [1.807, 2.05) is 24.3 Å². The molecule has 4 N–H and O–H groups in total. The topological polar surface area (TPSA) is 90.5 Å². The molecule has 6 nitrogen and oxygen atoms in total. The van der Waals surface area contributed by atoms with Crippen LogP contribution in [-0.4, -0.2) is 30.1 Å². The summed E-state index contributed by atoms with van der Waals surface area (Å²) >= 11 is 0. The Hall–Kier alpha value is -2.70. The lowest BCUT2D eigenvalue weighted by Crippen LogP contribution is -2.37. The Labute approximate surface area is 184 Å². The standard InChI is InChI=1S/C25H33N3O3/c29-24(28-31)17-21-9-5-19(6-10-21)3-1-2-4-20-7-11-22(12-8-20)18-27-25(30)23-13-15-26-16-14-23/h5-12,23,26,31H,1-4,13-18H2,(H,27,30)(H,28,29). The second kappa shape index (κ2) is 12.2. The maximum absolute atomic E-state index is 12.2. The highest BCUT2D eigenvalue weighted by Crippen LogP contribution is 2.14. The molecule has 0 spiro atoms. The van der Waals surface area contributed by atoms with Crippen molar-refractivity contribution in [2.45, 2.75) is 51.5 Å². The van der Waals surface area contributed by atoms with Gasteiger partial charge in [0.1, 0.15) is 0 Å². The molecule has 0 radical (unpaired) electrons. The van der Waals surface area contributed by atoms with Crippen molar-refractivity contribution < 1.29 is 14.8 Å². The highest BCUT2D eigenvalue weighted by atomic mass is 16.5. The summed E-state index contributed by atoms with van der Waals surface area (Å²) in [6.07, 6.45) is 6.30.